The van der Waals surface area contributed by atoms with Crippen LogP contribution in [0.2, 0.25) is 0 Å². The second-order valence-electron chi connectivity index (χ2n) is 9.06. The Bertz CT molecular complexity index is 944. The summed E-state index contributed by atoms with van der Waals surface area (Å²) in [7, 11) is 1.60. The van der Waals surface area contributed by atoms with E-state index in [4.69, 9.17) is 4.74 Å². The molecule has 0 aliphatic heterocycles. The third kappa shape index (κ3) is 5.67. The van der Waals surface area contributed by atoms with E-state index in [1.807, 2.05) is 18.2 Å². The molecule has 6 heteroatoms. The number of aliphatic hydroxyl groups excluding tert-OH is 1. The number of aromatic amines is 1. The van der Waals surface area contributed by atoms with Gasteiger partial charge >= 0.3 is 0 Å². The summed E-state index contributed by atoms with van der Waals surface area (Å²) >= 11 is 0. The predicted molar refractivity (Wildman–Crippen MR) is 124 cm³/mol. The molecular weight excluding hydrogens is 392 g/mol. The third-order valence-electron chi connectivity index (χ3n) is 6.41. The summed E-state index contributed by atoms with van der Waals surface area (Å²) in [5, 5.41) is 10.4. The Morgan fingerprint density at radius 1 is 1.23 bits per heavy atom. The second-order valence-corrected chi connectivity index (χ2v) is 9.06. The third-order valence-corrected chi connectivity index (χ3v) is 6.41. The Morgan fingerprint density at radius 2 is 1.97 bits per heavy atom. The van der Waals surface area contributed by atoms with Crippen LogP contribution >= 0.6 is 0 Å². The Morgan fingerprint density at radius 3 is 2.61 bits per heavy atom. The van der Waals surface area contributed by atoms with Gasteiger partial charge in [-0.2, -0.15) is 0 Å². The zero-order valence-electron chi connectivity index (χ0n) is 19.1. The van der Waals surface area contributed by atoms with Crippen LogP contribution in [-0.4, -0.2) is 47.7 Å². The van der Waals surface area contributed by atoms with Crippen LogP contribution in [0.25, 0.3) is 10.9 Å². The van der Waals surface area contributed by atoms with E-state index in [0.29, 0.717) is 30.3 Å². The van der Waals surface area contributed by atoms with Crippen LogP contribution in [0.1, 0.15) is 69.4 Å². The van der Waals surface area contributed by atoms with Crippen LogP contribution < -0.4 is 10.3 Å². The highest BCUT2D eigenvalue weighted by Crippen LogP contribution is 2.35. The molecular formula is C25H36N2O4. The zero-order valence-corrected chi connectivity index (χ0v) is 19.1. The highest BCUT2D eigenvalue weighted by molar-refractivity contribution is 5.90. The van der Waals surface area contributed by atoms with Gasteiger partial charge in [0.05, 0.1) is 25.7 Å². The lowest BCUT2D eigenvalue weighted by molar-refractivity contribution is -0.131. The molecule has 1 fully saturated rings. The molecule has 2 aromatic rings. The minimum absolute atomic E-state index is 0.0329. The van der Waals surface area contributed by atoms with Crippen LogP contribution in [0.5, 0.6) is 5.75 Å². The number of fused-ring (bicyclic) bond motifs is 1. The lowest BCUT2D eigenvalue weighted by Crippen LogP contribution is -2.37. The first-order chi connectivity index (χ1) is 14.9. The van der Waals surface area contributed by atoms with E-state index in [9.17, 15) is 14.7 Å². The van der Waals surface area contributed by atoms with Crippen molar-refractivity contribution >= 4 is 16.8 Å². The molecule has 1 heterocycles. The van der Waals surface area contributed by atoms with Crippen molar-refractivity contribution in [2.24, 2.45) is 5.92 Å². The Kier molecular flexibility index (Phi) is 8.13. The van der Waals surface area contributed by atoms with E-state index in [2.05, 4.69) is 18.8 Å². The molecule has 6 nitrogen and oxygen atoms in total. The van der Waals surface area contributed by atoms with E-state index in [1.165, 1.54) is 6.42 Å². The minimum atomic E-state index is -0.0914. The second kappa shape index (κ2) is 10.8. The molecule has 3 rings (SSSR count). The summed E-state index contributed by atoms with van der Waals surface area (Å²) in [5.74, 6) is 1.30. The van der Waals surface area contributed by atoms with E-state index in [0.717, 1.165) is 48.6 Å². The topological polar surface area (TPSA) is 82.6 Å². The van der Waals surface area contributed by atoms with Crippen molar-refractivity contribution in [3.8, 4) is 5.75 Å². The molecule has 0 unspecified atom stereocenters. The number of hydrogen-bond acceptors (Lipinski definition) is 4. The standard InChI is InChI=1S/C25H36N2O4/c1-17(2)11-12-27(13-14-28)23(29)16-21-20-10-9-19(31-3)15-22(20)26-25(30)24(21)18-7-5-4-6-8-18/h9-10,15,17-18,28H,4-8,11-14,16H2,1-3H3,(H,26,30). The fourth-order valence-corrected chi connectivity index (χ4v) is 4.66. The van der Waals surface area contributed by atoms with Crippen molar-refractivity contribution < 1.29 is 14.6 Å². The average molecular weight is 429 g/mol. The molecule has 0 saturated heterocycles. The van der Waals surface area contributed by atoms with Crippen molar-refractivity contribution in [2.75, 3.05) is 26.8 Å². The van der Waals surface area contributed by atoms with Gasteiger partial charge in [-0.05, 0) is 48.8 Å². The number of methoxy groups -OCH3 is 1. The number of nitrogens with zero attached hydrogens (tertiary/aromatic N) is 1. The normalized spacial score (nSPS) is 14.9. The number of carbonyl (C=O) groups is 1. The first-order valence-electron chi connectivity index (χ1n) is 11.6. The van der Waals surface area contributed by atoms with Crippen molar-refractivity contribution in [3.05, 3.63) is 39.7 Å². The Balaban J connectivity index is 2.04. The van der Waals surface area contributed by atoms with Gasteiger partial charge in [-0.1, -0.05) is 33.1 Å². The highest BCUT2D eigenvalue weighted by Gasteiger charge is 2.26. The van der Waals surface area contributed by atoms with Crippen molar-refractivity contribution in [3.63, 3.8) is 0 Å². The Hall–Kier alpha value is -2.34. The smallest absolute Gasteiger partial charge is 0.252 e. The van der Waals surface area contributed by atoms with Crippen LogP contribution in [0.4, 0.5) is 0 Å². The highest BCUT2D eigenvalue weighted by atomic mass is 16.5. The number of aromatic nitrogens is 1. The predicted octanol–water partition coefficient (Wildman–Crippen LogP) is 3.99. The number of aliphatic hydroxyl groups is 1. The number of nitrogens with one attached hydrogen (secondary N) is 1. The molecule has 1 amide bonds. The molecule has 0 radical (unpaired) electrons. The van der Waals surface area contributed by atoms with Gasteiger partial charge in [0.25, 0.3) is 5.56 Å². The molecule has 2 N–H and O–H groups in total. The lowest BCUT2D eigenvalue weighted by atomic mass is 9.81. The maximum atomic E-state index is 13.3. The quantitative estimate of drug-likeness (QED) is 0.633. The van der Waals surface area contributed by atoms with Crippen LogP contribution in [0.15, 0.2) is 23.0 Å². The van der Waals surface area contributed by atoms with E-state index in [1.54, 1.807) is 12.0 Å². The molecule has 1 aliphatic carbocycles. The molecule has 170 valence electrons. The summed E-state index contributed by atoms with van der Waals surface area (Å²) in [6, 6.07) is 5.65. The molecule has 0 bridgehead atoms. The number of carbonyl (C=O) groups excluding carboxylic acids is 1. The van der Waals surface area contributed by atoms with Gasteiger partial charge in [0.1, 0.15) is 5.75 Å². The summed E-state index contributed by atoms with van der Waals surface area (Å²) in [6.07, 6.45) is 6.46. The monoisotopic (exact) mass is 428 g/mol. The van der Waals surface area contributed by atoms with Gasteiger partial charge in [0, 0.05) is 30.1 Å². The van der Waals surface area contributed by atoms with E-state index in [-0.39, 0.29) is 30.4 Å². The van der Waals surface area contributed by atoms with Gasteiger partial charge in [-0.15, -0.1) is 0 Å². The molecule has 0 spiro atoms. The maximum Gasteiger partial charge on any atom is 0.252 e. The molecule has 0 atom stereocenters. The summed E-state index contributed by atoms with van der Waals surface area (Å²) in [5.41, 5.74) is 2.22. The van der Waals surface area contributed by atoms with Gasteiger partial charge < -0.3 is 19.7 Å². The van der Waals surface area contributed by atoms with Crippen LogP contribution in [-0.2, 0) is 11.2 Å². The van der Waals surface area contributed by atoms with Crippen LogP contribution in [0, 0.1) is 5.92 Å². The zero-order chi connectivity index (χ0) is 22.4. The van der Waals surface area contributed by atoms with Gasteiger partial charge in [0.2, 0.25) is 5.91 Å². The Labute approximate surface area is 184 Å². The molecule has 1 aromatic carbocycles. The van der Waals surface area contributed by atoms with Crippen molar-refractivity contribution in [1.29, 1.82) is 0 Å². The average Bonchev–Trinajstić information content (AvgIpc) is 2.76. The molecule has 31 heavy (non-hydrogen) atoms. The number of amides is 1. The van der Waals surface area contributed by atoms with Crippen molar-refractivity contribution in [1.82, 2.24) is 9.88 Å². The number of rotatable bonds is 9. The molecule has 1 aromatic heterocycles. The largest absolute Gasteiger partial charge is 0.497 e. The number of benzene rings is 1. The molecule has 1 aliphatic rings. The molecule has 1 saturated carbocycles. The van der Waals surface area contributed by atoms with Crippen LogP contribution in [0.3, 0.4) is 0 Å². The first-order valence-corrected chi connectivity index (χ1v) is 11.6. The number of hydrogen-bond donors (Lipinski definition) is 2. The lowest BCUT2D eigenvalue weighted by Gasteiger charge is -2.27. The SMILES string of the molecule is COc1ccc2c(CC(=O)N(CCO)CCC(C)C)c(C3CCCCC3)c(=O)[nH]c2c1. The fraction of sp³-hybridized carbons (Fsp3) is 0.600. The van der Waals surface area contributed by atoms with Gasteiger partial charge in [0.15, 0.2) is 0 Å². The minimum Gasteiger partial charge on any atom is -0.497 e. The number of pyridine rings is 1. The summed E-state index contributed by atoms with van der Waals surface area (Å²) in [4.78, 5) is 31.3. The van der Waals surface area contributed by atoms with E-state index >= 15 is 0 Å². The number of H-pyrrole nitrogens is 1. The maximum absolute atomic E-state index is 13.3. The summed E-state index contributed by atoms with van der Waals surface area (Å²) in [6.45, 7) is 5.12. The summed E-state index contributed by atoms with van der Waals surface area (Å²) < 4.78 is 5.33. The van der Waals surface area contributed by atoms with Gasteiger partial charge in [-0.25, -0.2) is 0 Å². The fourth-order valence-electron chi connectivity index (χ4n) is 4.66. The number of ether oxygens (including phenoxy) is 1. The van der Waals surface area contributed by atoms with Gasteiger partial charge in [-0.3, -0.25) is 9.59 Å². The first kappa shape index (κ1) is 23.3. The van der Waals surface area contributed by atoms with Crippen molar-refractivity contribution in [2.45, 2.75) is 64.7 Å². The van der Waals surface area contributed by atoms with E-state index < -0.39 is 0 Å².